The number of anilines is 1. The van der Waals surface area contributed by atoms with Gasteiger partial charge in [-0.2, -0.15) is 0 Å². The molecule has 1 amide bonds. The van der Waals surface area contributed by atoms with Gasteiger partial charge in [0.05, 0.1) is 6.10 Å². The van der Waals surface area contributed by atoms with E-state index in [2.05, 4.69) is 6.07 Å². The first-order valence-corrected chi connectivity index (χ1v) is 8.71. The quantitative estimate of drug-likeness (QED) is 0.894. The van der Waals surface area contributed by atoms with Crippen LogP contribution in [0.2, 0.25) is 0 Å². The average molecular weight is 377 g/mol. The SMILES string of the molecule is Cl.NC[C@H]1CC[C@@H](C(=O)N2CCc3cc(-c4cccc(F)c4)ccc32)O1. The van der Waals surface area contributed by atoms with E-state index in [4.69, 9.17) is 10.5 Å². The standard InChI is InChI=1S/C20H21FN2O2.ClH/c21-16-3-1-2-13(11-16)14-4-6-18-15(10-14)8-9-23(18)20(24)19-7-5-17(12-22)25-19;/h1-4,6,10-11,17,19H,5,7-9,12,22H2;1H/t17-,19+;/m1./s1. The van der Waals surface area contributed by atoms with Gasteiger partial charge in [0.1, 0.15) is 11.9 Å². The van der Waals surface area contributed by atoms with E-state index in [1.807, 2.05) is 23.1 Å². The molecule has 0 saturated carbocycles. The first kappa shape index (κ1) is 18.8. The summed E-state index contributed by atoms with van der Waals surface area (Å²) in [7, 11) is 0. The lowest BCUT2D eigenvalue weighted by Crippen LogP contribution is -2.38. The Hall–Kier alpha value is -1.95. The second kappa shape index (κ2) is 7.74. The Morgan fingerprint density at radius 2 is 2.00 bits per heavy atom. The van der Waals surface area contributed by atoms with Crippen molar-refractivity contribution in [3.05, 3.63) is 53.8 Å². The Morgan fingerprint density at radius 1 is 1.19 bits per heavy atom. The van der Waals surface area contributed by atoms with E-state index < -0.39 is 0 Å². The van der Waals surface area contributed by atoms with Gasteiger partial charge < -0.3 is 15.4 Å². The molecule has 0 radical (unpaired) electrons. The molecule has 4 rings (SSSR count). The van der Waals surface area contributed by atoms with Crippen LogP contribution in [0.15, 0.2) is 42.5 Å². The summed E-state index contributed by atoms with van der Waals surface area (Å²) in [6, 6.07) is 12.5. The summed E-state index contributed by atoms with van der Waals surface area (Å²) >= 11 is 0. The molecule has 6 heteroatoms. The zero-order valence-corrected chi connectivity index (χ0v) is 15.2. The maximum Gasteiger partial charge on any atom is 0.256 e. The maximum atomic E-state index is 13.5. The summed E-state index contributed by atoms with van der Waals surface area (Å²) in [6.07, 6.45) is 1.98. The predicted molar refractivity (Wildman–Crippen MR) is 102 cm³/mol. The summed E-state index contributed by atoms with van der Waals surface area (Å²) < 4.78 is 19.2. The van der Waals surface area contributed by atoms with Crippen LogP contribution in [0.1, 0.15) is 18.4 Å². The molecule has 1 fully saturated rings. The van der Waals surface area contributed by atoms with Crippen molar-refractivity contribution in [3.8, 4) is 11.1 Å². The zero-order chi connectivity index (χ0) is 17.4. The van der Waals surface area contributed by atoms with Gasteiger partial charge in [-0.25, -0.2) is 4.39 Å². The summed E-state index contributed by atoms with van der Waals surface area (Å²) in [5, 5.41) is 0. The van der Waals surface area contributed by atoms with Crippen molar-refractivity contribution in [1.29, 1.82) is 0 Å². The summed E-state index contributed by atoms with van der Waals surface area (Å²) in [5.41, 5.74) is 9.49. The molecule has 0 aromatic heterocycles. The Morgan fingerprint density at radius 3 is 2.73 bits per heavy atom. The van der Waals surface area contributed by atoms with Gasteiger partial charge in [-0.1, -0.05) is 18.2 Å². The fourth-order valence-electron chi connectivity index (χ4n) is 3.71. The molecule has 2 N–H and O–H groups in total. The zero-order valence-electron chi connectivity index (χ0n) is 14.4. The monoisotopic (exact) mass is 376 g/mol. The lowest BCUT2D eigenvalue weighted by Gasteiger charge is -2.21. The normalized spacial score (nSPS) is 21.4. The molecule has 1 saturated heterocycles. The second-order valence-electron chi connectivity index (χ2n) is 6.65. The van der Waals surface area contributed by atoms with Crippen LogP contribution in [0.25, 0.3) is 11.1 Å². The molecular weight excluding hydrogens is 355 g/mol. The first-order valence-electron chi connectivity index (χ1n) is 8.71. The van der Waals surface area contributed by atoms with Crippen LogP contribution in [-0.2, 0) is 16.0 Å². The molecule has 26 heavy (non-hydrogen) atoms. The first-order chi connectivity index (χ1) is 12.2. The van der Waals surface area contributed by atoms with Gasteiger partial charge in [-0.05, 0) is 60.2 Å². The highest BCUT2D eigenvalue weighted by Crippen LogP contribution is 2.34. The number of ether oxygens (including phenoxy) is 1. The van der Waals surface area contributed by atoms with Crippen LogP contribution in [-0.4, -0.2) is 31.2 Å². The third-order valence-electron chi connectivity index (χ3n) is 5.04. The highest BCUT2D eigenvalue weighted by molar-refractivity contribution is 5.99. The molecular formula is C20H22ClFN2O2. The van der Waals surface area contributed by atoms with Crippen molar-refractivity contribution in [2.24, 2.45) is 5.73 Å². The molecule has 4 nitrogen and oxygen atoms in total. The van der Waals surface area contributed by atoms with Crippen molar-refractivity contribution in [2.45, 2.75) is 31.5 Å². The maximum absolute atomic E-state index is 13.5. The van der Waals surface area contributed by atoms with E-state index >= 15 is 0 Å². The van der Waals surface area contributed by atoms with Gasteiger partial charge in [-0.3, -0.25) is 4.79 Å². The number of halogens is 2. The van der Waals surface area contributed by atoms with Crippen LogP contribution < -0.4 is 10.6 Å². The smallest absolute Gasteiger partial charge is 0.256 e. The average Bonchev–Trinajstić information content (AvgIpc) is 3.27. The van der Waals surface area contributed by atoms with E-state index in [0.717, 1.165) is 41.6 Å². The number of rotatable bonds is 3. The fourth-order valence-corrected chi connectivity index (χ4v) is 3.71. The number of benzene rings is 2. The molecule has 2 aromatic carbocycles. The number of nitrogens with two attached hydrogens (primary N) is 1. The third-order valence-corrected chi connectivity index (χ3v) is 5.04. The molecule has 2 aliphatic rings. The highest BCUT2D eigenvalue weighted by atomic mass is 35.5. The third kappa shape index (κ3) is 3.47. The Balaban J connectivity index is 0.00000196. The van der Waals surface area contributed by atoms with Gasteiger partial charge in [-0.15, -0.1) is 12.4 Å². The van der Waals surface area contributed by atoms with Gasteiger partial charge >= 0.3 is 0 Å². The highest BCUT2D eigenvalue weighted by Gasteiger charge is 2.35. The van der Waals surface area contributed by atoms with E-state index in [-0.39, 0.29) is 36.3 Å². The minimum atomic E-state index is -0.387. The molecule has 2 atom stereocenters. The number of hydrogen-bond acceptors (Lipinski definition) is 3. The van der Waals surface area contributed by atoms with Gasteiger partial charge in [0, 0.05) is 18.8 Å². The minimum absolute atomic E-state index is 0. The fraction of sp³-hybridized carbons (Fsp3) is 0.350. The van der Waals surface area contributed by atoms with Gasteiger partial charge in [0.2, 0.25) is 0 Å². The van der Waals surface area contributed by atoms with Crippen molar-refractivity contribution >= 4 is 24.0 Å². The van der Waals surface area contributed by atoms with Crippen LogP contribution in [0.5, 0.6) is 0 Å². The van der Waals surface area contributed by atoms with Crippen molar-refractivity contribution < 1.29 is 13.9 Å². The Bertz CT molecular complexity index is 814. The lowest BCUT2D eigenvalue weighted by molar-refractivity contribution is -0.129. The molecule has 0 spiro atoms. The van der Waals surface area contributed by atoms with Crippen LogP contribution in [0.3, 0.4) is 0 Å². The Kier molecular flexibility index (Phi) is 5.61. The molecule has 2 aliphatic heterocycles. The van der Waals surface area contributed by atoms with Crippen molar-refractivity contribution in [2.75, 3.05) is 18.0 Å². The summed E-state index contributed by atoms with van der Waals surface area (Å²) in [4.78, 5) is 14.6. The molecule has 0 aliphatic carbocycles. The number of carbonyl (C=O) groups is 1. The van der Waals surface area contributed by atoms with Crippen molar-refractivity contribution in [1.82, 2.24) is 0 Å². The summed E-state index contributed by atoms with van der Waals surface area (Å²) in [6.45, 7) is 1.12. The number of carbonyl (C=O) groups excluding carboxylic acids is 1. The van der Waals surface area contributed by atoms with Crippen LogP contribution >= 0.6 is 12.4 Å². The molecule has 0 bridgehead atoms. The lowest BCUT2D eigenvalue weighted by atomic mass is 10.0. The van der Waals surface area contributed by atoms with Crippen LogP contribution in [0.4, 0.5) is 10.1 Å². The molecule has 2 heterocycles. The largest absolute Gasteiger partial charge is 0.364 e. The van der Waals surface area contributed by atoms with Gasteiger partial charge in [0.15, 0.2) is 0 Å². The molecule has 2 aromatic rings. The molecule has 138 valence electrons. The van der Waals surface area contributed by atoms with Crippen molar-refractivity contribution in [3.63, 3.8) is 0 Å². The number of fused-ring (bicyclic) bond motifs is 1. The van der Waals surface area contributed by atoms with Crippen LogP contribution in [0, 0.1) is 5.82 Å². The molecule has 0 unspecified atom stereocenters. The number of hydrogen-bond donors (Lipinski definition) is 1. The van der Waals surface area contributed by atoms with E-state index in [1.165, 1.54) is 12.1 Å². The van der Waals surface area contributed by atoms with E-state index in [0.29, 0.717) is 13.1 Å². The van der Waals surface area contributed by atoms with E-state index in [1.54, 1.807) is 6.07 Å². The number of amides is 1. The second-order valence-corrected chi connectivity index (χ2v) is 6.65. The topological polar surface area (TPSA) is 55.6 Å². The summed E-state index contributed by atoms with van der Waals surface area (Å²) in [5.74, 6) is -0.226. The van der Waals surface area contributed by atoms with Gasteiger partial charge in [0.25, 0.3) is 5.91 Å². The number of nitrogens with zero attached hydrogens (tertiary/aromatic N) is 1. The predicted octanol–water partition coefficient (Wildman–Crippen LogP) is 3.31. The van der Waals surface area contributed by atoms with E-state index in [9.17, 15) is 9.18 Å². The minimum Gasteiger partial charge on any atom is -0.364 e. The Labute approximate surface area is 158 Å².